The van der Waals surface area contributed by atoms with Gasteiger partial charge in [0.25, 0.3) is 5.91 Å². The number of nitrogens with one attached hydrogen (secondary N) is 2. The lowest BCUT2D eigenvalue weighted by molar-refractivity contribution is 0.0954. The zero-order valence-electron chi connectivity index (χ0n) is 17.1. The van der Waals surface area contributed by atoms with Crippen molar-refractivity contribution in [3.63, 3.8) is 0 Å². The molecule has 1 heterocycles. The summed E-state index contributed by atoms with van der Waals surface area (Å²) in [4.78, 5) is 21.2. The molecule has 1 amide bonds. The van der Waals surface area contributed by atoms with Crippen LogP contribution in [0.1, 0.15) is 15.9 Å². The van der Waals surface area contributed by atoms with Gasteiger partial charge < -0.3 is 10.6 Å². The van der Waals surface area contributed by atoms with Gasteiger partial charge in [-0.2, -0.15) is 0 Å². The fraction of sp³-hybridized carbons (Fsp3) is 0.0800. The highest BCUT2D eigenvalue weighted by atomic mass is 35.5. The zero-order valence-corrected chi connectivity index (χ0v) is 18.6. The fourth-order valence-corrected chi connectivity index (χ4v) is 3.36. The first kappa shape index (κ1) is 21.8. The first-order valence-corrected chi connectivity index (χ1v) is 10.8. The molecule has 0 saturated heterocycles. The van der Waals surface area contributed by atoms with Gasteiger partial charge in [-0.05, 0) is 66.6 Å². The molecule has 2 N–H and O–H groups in total. The average Bonchev–Trinajstić information content (AvgIpc) is 2.81. The Labute approximate surface area is 196 Å². The molecule has 3 aromatic carbocycles. The summed E-state index contributed by atoms with van der Waals surface area (Å²) in [5.74, 6) is 0.351. The van der Waals surface area contributed by atoms with E-state index >= 15 is 0 Å². The van der Waals surface area contributed by atoms with Crippen LogP contribution in [0.4, 0.5) is 11.6 Å². The third kappa shape index (κ3) is 5.84. The smallest absolute Gasteiger partial charge is 0.251 e. The molecule has 7 heteroatoms. The Kier molecular flexibility index (Phi) is 7.00. The SMILES string of the molecule is O=C(NCCc1ccc(Cl)cc1)c1ccc(Nc2nccc(-c3ccc(Cl)cc3)n2)cc1. The summed E-state index contributed by atoms with van der Waals surface area (Å²) in [6.45, 7) is 0.547. The second kappa shape index (κ2) is 10.3. The molecule has 4 aromatic rings. The van der Waals surface area contributed by atoms with E-state index in [1.54, 1.807) is 18.3 Å². The van der Waals surface area contributed by atoms with Crippen molar-refractivity contribution in [1.29, 1.82) is 0 Å². The zero-order chi connectivity index (χ0) is 22.3. The number of aromatic nitrogens is 2. The largest absolute Gasteiger partial charge is 0.352 e. The number of hydrogen-bond acceptors (Lipinski definition) is 4. The van der Waals surface area contributed by atoms with Crippen LogP contribution in [0, 0.1) is 0 Å². The average molecular weight is 463 g/mol. The number of benzene rings is 3. The quantitative estimate of drug-likeness (QED) is 0.344. The lowest BCUT2D eigenvalue weighted by Crippen LogP contribution is -2.25. The summed E-state index contributed by atoms with van der Waals surface area (Å²) in [5.41, 5.74) is 4.23. The summed E-state index contributed by atoms with van der Waals surface area (Å²) < 4.78 is 0. The van der Waals surface area contributed by atoms with Crippen molar-refractivity contribution in [1.82, 2.24) is 15.3 Å². The van der Waals surface area contributed by atoms with Crippen LogP contribution >= 0.6 is 23.2 Å². The van der Waals surface area contributed by atoms with E-state index in [9.17, 15) is 4.79 Å². The minimum Gasteiger partial charge on any atom is -0.352 e. The second-order valence-corrected chi connectivity index (χ2v) is 7.98. The van der Waals surface area contributed by atoms with Gasteiger partial charge in [-0.3, -0.25) is 4.79 Å². The Bertz CT molecular complexity index is 1190. The van der Waals surface area contributed by atoms with Crippen molar-refractivity contribution in [3.05, 3.63) is 106 Å². The fourth-order valence-electron chi connectivity index (χ4n) is 3.11. The van der Waals surface area contributed by atoms with Crippen LogP contribution < -0.4 is 10.6 Å². The Morgan fingerprint density at radius 3 is 2.16 bits per heavy atom. The molecule has 0 radical (unpaired) electrons. The summed E-state index contributed by atoms with van der Waals surface area (Å²) >= 11 is 11.8. The molecule has 4 rings (SSSR count). The molecule has 5 nitrogen and oxygen atoms in total. The van der Waals surface area contributed by atoms with E-state index < -0.39 is 0 Å². The van der Waals surface area contributed by atoms with Gasteiger partial charge in [-0.15, -0.1) is 0 Å². The number of hydrogen-bond donors (Lipinski definition) is 2. The van der Waals surface area contributed by atoms with E-state index in [0.717, 1.165) is 28.9 Å². The van der Waals surface area contributed by atoms with Crippen LogP contribution in [0.25, 0.3) is 11.3 Å². The van der Waals surface area contributed by atoms with Crippen LogP contribution in [0.2, 0.25) is 10.0 Å². The lowest BCUT2D eigenvalue weighted by atomic mass is 10.1. The van der Waals surface area contributed by atoms with Gasteiger partial charge >= 0.3 is 0 Å². The van der Waals surface area contributed by atoms with Crippen LogP contribution in [0.3, 0.4) is 0 Å². The van der Waals surface area contributed by atoms with Crippen LogP contribution in [-0.4, -0.2) is 22.4 Å². The Morgan fingerprint density at radius 2 is 1.47 bits per heavy atom. The standard InChI is InChI=1S/C25H20Cl2N4O/c26-20-7-1-17(2-8-20)13-15-28-24(32)19-5-11-22(12-6-19)30-25-29-16-14-23(31-25)18-3-9-21(27)10-4-18/h1-12,14,16H,13,15H2,(H,28,32)(H,29,30,31). The van der Waals surface area contributed by atoms with Gasteiger partial charge in [0.2, 0.25) is 5.95 Å². The third-order valence-electron chi connectivity index (χ3n) is 4.81. The van der Waals surface area contributed by atoms with Crippen molar-refractivity contribution in [3.8, 4) is 11.3 Å². The normalized spacial score (nSPS) is 10.6. The van der Waals surface area contributed by atoms with Gasteiger partial charge in [-0.1, -0.05) is 47.5 Å². The number of anilines is 2. The molecule has 0 bridgehead atoms. The van der Waals surface area contributed by atoms with E-state index in [2.05, 4.69) is 20.6 Å². The first-order chi connectivity index (χ1) is 15.6. The molecule has 0 fully saturated rings. The Hall–Kier alpha value is -3.41. The van der Waals surface area contributed by atoms with E-state index in [-0.39, 0.29) is 5.91 Å². The van der Waals surface area contributed by atoms with Gasteiger partial charge in [0.05, 0.1) is 5.69 Å². The predicted octanol–water partition coefficient (Wildman–Crippen LogP) is 6.17. The number of nitrogens with zero attached hydrogens (tertiary/aromatic N) is 2. The van der Waals surface area contributed by atoms with Crippen LogP contribution in [0.15, 0.2) is 85.1 Å². The topological polar surface area (TPSA) is 66.9 Å². The maximum atomic E-state index is 12.4. The van der Waals surface area contributed by atoms with Crippen molar-refractivity contribution >= 4 is 40.7 Å². The third-order valence-corrected chi connectivity index (χ3v) is 5.32. The number of rotatable bonds is 7. The molecule has 0 aliphatic heterocycles. The van der Waals surface area contributed by atoms with Gasteiger partial charge in [-0.25, -0.2) is 9.97 Å². The van der Waals surface area contributed by atoms with Gasteiger partial charge in [0, 0.05) is 39.6 Å². The van der Waals surface area contributed by atoms with Crippen molar-refractivity contribution in [2.45, 2.75) is 6.42 Å². The Balaban J connectivity index is 1.34. The molecule has 0 aliphatic carbocycles. The molecule has 32 heavy (non-hydrogen) atoms. The van der Waals surface area contributed by atoms with Crippen LogP contribution in [-0.2, 0) is 6.42 Å². The van der Waals surface area contributed by atoms with Crippen molar-refractivity contribution in [2.75, 3.05) is 11.9 Å². The van der Waals surface area contributed by atoms with Crippen LogP contribution in [0.5, 0.6) is 0 Å². The highest BCUT2D eigenvalue weighted by Crippen LogP contribution is 2.21. The first-order valence-electron chi connectivity index (χ1n) is 10.1. The lowest BCUT2D eigenvalue weighted by Gasteiger charge is -2.09. The molecule has 0 unspecified atom stereocenters. The Morgan fingerprint density at radius 1 is 0.812 bits per heavy atom. The number of halogens is 2. The number of carbonyl (C=O) groups excluding carboxylic acids is 1. The molecular formula is C25H20Cl2N4O. The summed E-state index contributed by atoms with van der Waals surface area (Å²) in [6.07, 6.45) is 2.44. The molecule has 0 saturated carbocycles. The molecule has 0 atom stereocenters. The van der Waals surface area contributed by atoms with Crippen molar-refractivity contribution < 1.29 is 4.79 Å². The minimum absolute atomic E-state index is 0.119. The van der Waals surface area contributed by atoms with Gasteiger partial charge in [0.1, 0.15) is 0 Å². The summed E-state index contributed by atoms with van der Waals surface area (Å²) in [6, 6.07) is 24.1. The van der Waals surface area contributed by atoms with E-state index in [0.29, 0.717) is 28.1 Å². The monoisotopic (exact) mass is 462 g/mol. The van der Waals surface area contributed by atoms with Gasteiger partial charge in [0.15, 0.2) is 0 Å². The summed E-state index contributed by atoms with van der Waals surface area (Å²) in [5, 5.41) is 7.48. The maximum absolute atomic E-state index is 12.4. The minimum atomic E-state index is -0.119. The summed E-state index contributed by atoms with van der Waals surface area (Å²) in [7, 11) is 0. The molecular weight excluding hydrogens is 443 g/mol. The predicted molar refractivity (Wildman–Crippen MR) is 130 cm³/mol. The number of amides is 1. The van der Waals surface area contributed by atoms with Crippen molar-refractivity contribution in [2.24, 2.45) is 0 Å². The van der Waals surface area contributed by atoms with E-state index in [1.165, 1.54) is 0 Å². The highest BCUT2D eigenvalue weighted by molar-refractivity contribution is 6.30. The van der Waals surface area contributed by atoms with E-state index in [1.807, 2.05) is 66.7 Å². The maximum Gasteiger partial charge on any atom is 0.251 e. The van der Waals surface area contributed by atoms with E-state index in [4.69, 9.17) is 23.2 Å². The molecule has 160 valence electrons. The second-order valence-electron chi connectivity index (χ2n) is 7.11. The highest BCUT2D eigenvalue weighted by Gasteiger charge is 2.07. The molecule has 0 spiro atoms. The molecule has 1 aromatic heterocycles. The molecule has 0 aliphatic rings. The number of carbonyl (C=O) groups is 1.